The Morgan fingerprint density at radius 2 is 2.38 bits per heavy atom. The van der Waals surface area contributed by atoms with Crippen molar-refractivity contribution in [1.29, 1.82) is 5.26 Å². The van der Waals surface area contributed by atoms with E-state index in [0.717, 1.165) is 23.7 Å². The molecule has 2 nitrogen and oxygen atoms in total. The SMILES string of the molecule is CC1CSCCN1c1ccc(C#N)cc1Cl. The van der Waals surface area contributed by atoms with Crippen LogP contribution >= 0.6 is 23.4 Å². The summed E-state index contributed by atoms with van der Waals surface area (Å²) in [7, 11) is 0. The molecule has 0 N–H and O–H groups in total. The molecule has 1 aliphatic rings. The van der Waals surface area contributed by atoms with Crippen LogP contribution in [0.25, 0.3) is 0 Å². The van der Waals surface area contributed by atoms with E-state index in [9.17, 15) is 0 Å². The highest BCUT2D eigenvalue weighted by molar-refractivity contribution is 7.99. The molecule has 0 spiro atoms. The summed E-state index contributed by atoms with van der Waals surface area (Å²) in [5.41, 5.74) is 1.67. The van der Waals surface area contributed by atoms with Crippen molar-refractivity contribution in [2.45, 2.75) is 13.0 Å². The molecule has 0 aromatic heterocycles. The van der Waals surface area contributed by atoms with Gasteiger partial charge in [-0.15, -0.1) is 0 Å². The molecule has 1 aliphatic heterocycles. The Morgan fingerprint density at radius 3 is 3.00 bits per heavy atom. The average molecular weight is 253 g/mol. The molecule has 1 unspecified atom stereocenters. The molecule has 84 valence electrons. The zero-order valence-electron chi connectivity index (χ0n) is 9.11. The lowest BCUT2D eigenvalue weighted by molar-refractivity contribution is 0.700. The van der Waals surface area contributed by atoms with Crippen LogP contribution in [-0.2, 0) is 0 Å². The molecule has 16 heavy (non-hydrogen) atoms. The van der Waals surface area contributed by atoms with Crippen LogP contribution in [0.2, 0.25) is 5.02 Å². The Morgan fingerprint density at radius 1 is 1.56 bits per heavy atom. The summed E-state index contributed by atoms with van der Waals surface area (Å²) in [6, 6.07) is 8.13. The lowest BCUT2D eigenvalue weighted by atomic mass is 10.2. The number of rotatable bonds is 1. The van der Waals surface area contributed by atoms with Crippen molar-refractivity contribution >= 4 is 29.1 Å². The smallest absolute Gasteiger partial charge is 0.0992 e. The molecule has 0 aliphatic carbocycles. The van der Waals surface area contributed by atoms with Crippen molar-refractivity contribution in [1.82, 2.24) is 0 Å². The fourth-order valence-corrected chi connectivity index (χ4v) is 3.20. The van der Waals surface area contributed by atoms with Crippen LogP contribution in [0.15, 0.2) is 18.2 Å². The molecule has 1 aromatic carbocycles. The number of thioether (sulfide) groups is 1. The summed E-state index contributed by atoms with van der Waals surface area (Å²) in [6.07, 6.45) is 0. The monoisotopic (exact) mass is 252 g/mol. The first-order valence-electron chi connectivity index (χ1n) is 5.26. The number of nitrogens with zero attached hydrogens (tertiary/aromatic N) is 2. The molecule has 0 amide bonds. The van der Waals surface area contributed by atoms with Gasteiger partial charge < -0.3 is 4.90 Å². The van der Waals surface area contributed by atoms with Gasteiger partial charge in [0.2, 0.25) is 0 Å². The fourth-order valence-electron chi connectivity index (χ4n) is 1.89. The van der Waals surface area contributed by atoms with Gasteiger partial charge in [-0.3, -0.25) is 0 Å². The summed E-state index contributed by atoms with van der Waals surface area (Å²) in [6.45, 7) is 3.23. The van der Waals surface area contributed by atoms with Crippen LogP contribution in [0, 0.1) is 11.3 Å². The molecule has 0 saturated carbocycles. The minimum atomic E-state index is 0.504. The van der Waals surface area contributed by atoms with Gasteiger partial charge in [0, 0.05) is 24.1 Å². The number of hydrogen-bond acceptors (Lipinski definition) is 3. The van der Waals surface area contributed by atoms with Crippen LogP contribution < -0.4 is 4.90 Å². The molecule has 1 atom stereocenters. The summed E-state index contributed by atoms with van der Waals surface area (Å²) in [5, 5.41) is 9.47. The molecule has 1 aromatic rings. The van der Waals surface area contributed by atoms with Crippen molar-refractivity contribution in [3.05, 3.63) is 28.8 Å². The Labute approximate surface area is 105 Å². The summed E-state index contributed by atoms with van der Waals surface area (Å²) < 4.78 is 0. The number of hydrogen-bond donors (Lipinski definition) is 0. The van der Waals surface area contributed by atoms with Gasteiger partial charge in [-0.25, -0.2) is 0 Å². The second-order valence-corrected chi connectivity index (χ2v) is 5.45. The second-order valence-electron chi connectivity index (χ2n) is 3.90. The Balaban J connectivity index is 2.29. The maximum absolute atomic E-state index is 8.79. The minimum absolute atomic E-state index is 0.504. The van der Waals surface area contributed by atoms with E-state index in [1.54, 1.807) is 6.07 Å². The lowest BCUT2D eigenvalue weighted by Crippen LogP contribution is -2.40. The molecule has 4 heteroatoms. The number of nitriles is 1. The van der Waals surface area contributed by atoms with Crippen LogP contribution in [0.4, 0.5) is 5.69 Å². The van der Waals surface area contributed by atoms with Gasteiger partial charge in [-0.2, -0.15) is 17.0 Å². The van der Waals surface area contributed by atoms with E-state index in [4.69, 9.17) is 16.9 Å². The summed E-state index contributed by atoms with van der Waals surface area (Å²) in [4.78, 5) is 2.32. The topological polar surface area (TPSA) is 27.0 Å². The number of halogens is 1. The quantitative estimate of drug-likeness (QED) is 0.768. The summed E-state index contributed by atoms with van der Waals surface area (Å²) in [5.74, 6) is 2.27. The molecule has 1 heterocycles. The van der Waals surface area contributed by atoms with E-state index >= 15 is 0 Å². The highest BCUT2D eigenvalue weighted by Gasteiger charge is 2.20. The van der Waals surface area contributed by atoms with Crippen LogP contribution in [0.1, 0.15) is 12.5 Å². The molecule has 2 rings (SSSR count). The molecule has 0 radical (unpaired) electrons. The van der Waals surface area contributed by atoms with Gasteiger partial charge in [0.15, 0.2) is 0 Å². The number of anilines is 1. The zero-order valence-corrected chi connectivity index (χ0v) is 10.7. The molecular weight excluding hydrogens is 240 g/mol. The van der Waals surface area contributed by atoms with E-state index in [0.29, 0.717) is 16.6 Å². The lowest BCUT2D eigenvalue weighted by Gasteiger charge is -2.35. The van der Waals surface area contributed by atoms with Crippen molar-refractivity contribution in [3.63, 3.8) is 0 Å². The predicted octanol–water partition coefficient (Wildman–Crippen LogP) is 3.15. The first-order valence-corrected chi connectivity index (χ1v) is 6.79. The zero-order chi connectivity index (χ0) is 11.5. The van der Waals surface area contributed by atoms with Crippen LogP contribution in [0.5, 0.6) is 0 Å². The van der Waals surface area contributed by atoms with Crippen molar-refractivity contribution in [2.24, 2.45) is 0 Å². The Bertz CT molecular complexity index is 428. The predicted molar refractivity (Wildman–Crippen MR) is 70.3 cm³/mol. The fraction of sp³-hybridized carbons (Fsp3) is 0.417. The van der Waals surface area contributed by atoms with Crippen LogP contribution in [-0.4, -0.2) is 24.1 Å². The highest BCUT2D eigenvalue weighted by atomic mass is 35.5. The van der Waals surface area contributed by atoms with E-state index < -0.39 is 0 Å². The Kier molecular flexibility index (Phi) is 3.63. The highest BCUT2D eigenvalue weighted by Crippen LogP contribution is 2.31. The van der Waals surface area contributed by atoms with Crippen molar-refractivity contribution in [2.75, 3.05) is 23.0 Å². The molecule has 1 fully saturated rings. The van der Waals surface area contributed by atoms with E-state index in [2.05, 4.69) is 17.9 Å². The normalized spacial score (nSPS) is 20.6. The van der Waals surface area contributed by atoms with E-state index in [1.807, 2.05) is 23.9 Å². The van der Waals surface area contributed by atoms with Crippen LogP contribution in [0.3, 0.4) is 0 Å². The second kappa shape index (κ2) is 4.99. The third-order valence-electron chi connectivity index (χ3n) is 2.75. The van der Waals surface area contributed by atoms with Gasteiger partial charge in [-0.05, 0) is 25.1 Å². The van der Waals surface area contributed by atoms with Crippen molar-refractivity contribution in [3.8, 4) is 6.07 Å². The first-order chi connectivity index (χ1) is 7.72. The maximum Gasteiger partial charge on any atom is 0.0992 e. The largest absolute Gasteiger partial charge is 0.366 e. The number of benzene rings is 1. The first kappa shape index (κ1) is 11.6. The van der Waals surface area contributed by atoms with Gasteiger partial charge >= 0.3 is 0 Å². The third-order valence-corrected chi connectivity index (χ3v) is 4.25. The molecular formula is C12H13ClN2S. The minimum Gasteiger partial charge on any atom is -0.366 e. The van der Waals surface area contributed by atoms with E-state index in [1.165, 1.54) is 0 Å². The van der Waals surface area contributed by atoms with Gasteiger partial charge in [-0.1, -0.05) is 11.6 Å². The molecule has 1 saturated heterocycles. The van der Waals surface area contributed by atoms with Gasteiger partial charge in [0.25, 0.3) is 0 Å². The van der Waals surface area contributed by atoms with E-state index in [-0.39, 0.29) is 0 Å². The summed E-state index contributed by atoms with van der Waals surface area (Å²) >= 11 is 8.19. The third kappa shape index (κ3) is 2.28. The van der Waals surface area contributed by atoms with Gasteiger partial charge in [0.05, 0.1) is 22.3 Å². The average Bonchev–Trinajstić information content (AvgIpc) is 2.30. The van der Waals surface area contributed by atoms with Crippen molar-refractivity contribution < 1.29 is 0 Å². The van der Waals surface area contributed by atoms with Gasteiger partial charge in [0.1, 0.15) is 0 Å². The Hall–Kier alpha value is -0.850. The maximum atomic E-state index is 8.79. The standard InChI is InChI=1S/C12H13ClN2S/c1-9-8-16-5-4-15(9)12-3-2-10(7-14)6-11(12)13/h2-3,6,9H,4-5,8H2,1H3. The molecule has 0 bridgehead atoms.